The molecule has 1 atom stereocenters. The van der Waals surface area contributed by atoms with Crippen LogP contribution in [-0.4, -0.2) is 40.6 Å². The number of likely N-dealkylation sites (tertiary alicyclic amines) is 1. The maximum Gasteiger partial charge on any atom is 0.247 e. The maximum absolute atomic E-state index is 11.8. The van der Waals surface area contributed by atoms with Crippen molar-refractivity contribution in [2.75, 3.05) is 19.6 Å². The third-order valence-electron chi connectivity index (χ3n) is 4.61. The molecule has 2 aromatic rings. The molecule has 1 saturated heterocycles. The summed E-state index contributed by atoms with van der Waals surface area (Å²) in [6.45, 7) is 7.12. The smallest absolute Gasteiger partial charge is 0.247 e. The number of aromatic nitrogens is 2. The van der Waals surface area contributed by atoms with Crippen LogP contribution in [0.1, 0.15) is 32.6 Å². The largest absolute Gasteiger partial charge is 0.419 e. The van der Waals surface area contributed by atoms with E-state index in [0.29, 0.717) is 29.3 Å². The summed E-state index contributed by atoms with van der Waals surface area (Å²) >= 11 is 5.91. The zero-order valence-electron chi connectivity index (χ0n) is 15.2. The fourth-order valence-electron chi connectivity index (χ4n) is 3.13. The normalized spacial score (nSPS) is 18.2. The summed E-state index contributed by atoms with van der Waals surface area (Å²) in [5, 5.41) is 12.0. The van der Waals surface area contributed by atoms with Gasteiger partial charge in [-0.15, -0.1) is 10.2 Å². The number of carbonyl (C=O) groups is 1. The molecule has 6 nitrogen and oxygen atoms in total. The first kappa shape index (κ1) is 18.9. The summed E-state index contributed by atoms with van der Waals surface area (Å²) in [5.74, 6) is 1.73. The lowest BCUT2D eigenvalue weighted by atomic mass is 9.98. The molecule has 1 amide bonds. The van der Waals surface area contributed by atoms with E-state index in [2.05, 4.69) is 20.4 Å². The summed E-state index contributed by atoms with van der Waals surface area (Å²) in [7, 11) is 0. The molecular formula is C19H25ClN4O2. The van der Waals surface area contributed by atoms with Crippen LogP contribution in [0.5, 0.6) is 0 Å². The van der Waals surface area contributed by atoms with Gasteiger partial charge in [0, 0.05) is 29.6 Å². The molecular weight excluding hydrogens is 352 g/mol. The number of piperidine rings is 1. The highest BCUT2D eigenvalue weighted by atomic mass is 35.5. The molecule has 1 unspecified atom stereocenters. The average Bonchev–Trinajstić information content (AvgIpc) is 3.09. The van der Waals surface area contributed by atoms with E-state index in [1.54, 1.807) is 12.1 Å². The van der Waals surface area contributed by atoms with Crippen LogP contribution in [0.15, 0.2) is 28.7 Å². The number of nitrogens with one attached hydrogen (secondary N) is 1. The van der Waals surface area contributed by atoms with Crippen LogP contribution in [0.4, 0.5) is 0 Å². The standard InChI is InChI=1S/C19H25ClN4O2/c1-13(2)18(25)21-10-14-4-3-9-24(11-14)12-17-22-23-19(26-17)15-5-7-16(20)8-6-15/h5-8,13-14H,3-4,9-12H2,1-2H3,(H,21,25). The van der Waals surface area contributed by atoms with Gasteiger partial charge in [-0.3, -0.25) is 9.69 Å². The Balaban J connectivity index is 1.54. The lowest BCUT2D eigenvalue weighted by Crippen LogP contribution is -2.41. The molecule has 1 aromatic carbocycles. The second-order valence-corrected chi connectivity index (χ2v) is 7.59. The first-order chi connectivity index (χ1) is 12.5. The summed E-state index contributed by atoms with van der Waals surface area (Å²) in [5.41, 5.74) is 0.862. The van der Waals surface area contributed by atoms with E-state index in [9.17, 15) is 4.79 Å². The predicted molar refractivity (Wildman–Crippen MR) is 101 cm³/mol. The zero-order chi connectivity index (χ0) is 18.5. The Morgan fingerprint density at radius 3 is 2.85 bits per heavy atom. The van der Waals surface area contributed by atoms with Gasteiger partial charge in [0.25, 0.3) is 0 Å². The van der Waals surface area contributed by atoms with Crippen LogP contribution in [0.25, 0.3) is 11.5 Å². The molecule has 3 rings (SSSR count). The monoisotopic (exact) mass is 376 g/mol. The highest BCUT2D eigenvalue weighted by Gasteiger charge is 2.22. The molecule has 1 aliphatic heterocycles. The Bertz CT molecular complexity index is 729. The predicted octanol–water partition coefficient (Wildman–Crippen LogP) is 3.37. The fraction of sp³-hybridized carbons (Fsp3) is 0.526. The fourth-order valence-corrected chi connectivity index (χ4v) is 3.25. The molecule has 0 saturated carbocycles. The quantitative estimate of drug-likeness (QED) is 0.836. The van der Waals surface area contributed by atoms with Gasteiger partial charge in [-0.1, -0.05) is 25.4 Å². The van der Waals surface area contributed by atoms with Crippen molar-refractivity contribution in [3.8, 4) is 11.5 Å². The Morgan fingerprint density at radius 1 is 1.35 bits per heavy atom. The highest BCUT2D eigenvalue weighted by molar-refractivity contribution is 6.30. The molecule has 1 N–H and O–H groups in total. The SMILES string of the molecule is CC(C)C(=O)NCC1CCCN(Cc2nnc(-c3ccc(Cl)cc3)o2)C1. The van der Waals surface area contributed by atoms with Gasteiger partial charge in [0.15, 0.2) is 0 Å². The molecule has 0 bridgehead atoms. The first-order valence-electron chi connectivity index (χ1n) is 9.09. The van der Waals surface area contributed by atoms with Crippen LogP contribution in [0.2, 0.25) is 5.02 Å². The number of amides is 1. The van der Waals surface area contributed by atoms with Gasteiger partial charge >= 0.3 is 0 Å². The summed E-state index contributed by atoms with van der Waals surface area (Å²) < 4.78 is 5.80. The van der Waals surface area contributed by atoms with E-state index >= 15 is 0 Å². The van der Waals surface area contributed by atoms with Crippen LogP contribution < -0.4 is 5.32 Å². The van der Waals surface area contributed by atoms with Crippen LogP contribution in [0, 0.1) is 11.8 Å². The van der Waals surface area contributed by atoms with Gasteiger partial charge in [-0.25, -0.2) is 0 Å². The number of halogens is 1. The van der Waals surface area contributed by atoms with E-state index in [0.717, 1.165) is 38.0 Å². The molecule has 1 aromatic heterocycles. The minimum absolute atomic E-state index is 0.0272. The van der Waals surface area contributed by atoms with Crippen LogP contribution in [-0.2, 0) is 11.3 Å². The molecule has 0 radical (unpaired) electrons. The van der Waals surface area contributed by atoms with Crippen molar-refractivity contribution in [1.82, 2.24) is 20.4 Å². The van der Waals surface area contributed by atoms with Gasteiger partial charge in [-0.2, -0.15) is 0 Å². The third-order valence-corrected chi connectivity index (χ3v) is 4.86. The zero-order valence-corrected chi connectivity index (χ0v) is 16.0. The van der Waals surface area contributed by atoms with E-state index in [1.165, 1.54) is 0 Å². The van der Waals surface area contributed by atoms with Crippen molar-refractivity contribution in [2.45, 2.75) is 33.2 Å². The molecule has 0 spiro atoms. The topological polar surface area (TPSA) is 71.3 Å². The van der Waals surface area contributed by atoms with Gasteiger partial charge < -0.3 is 9.73 Å². The van der Waals surface area contributed by atoms with Gasteiger partial charge in [0.1, 0.15) is 0 Å². The third kappa shape index (κ3) is 5.05. The Morgan fingerprint density at radius 2 is 2.12 bits per heavy atom. The van der Waals surface area contributed by atoms with Crippen molar-refractivity contribution in [3.63, 3.8) is 0 Å². The van der Waals surface area contributed by atoms with Gasteiger partial charge in [-0.05, 0) is 49.6 Å². The Kier molecular flexibility index (Phi) is 6.27. The molecule has 7 heteroatoms. The lowest BCUT2D eigenvalue weighted by Gasteiger charge is -2.31. The first-order valence-corrected chi connectivity index (χ1v) is 9.47. The molecule has 2 heterocycles. The molecule has 26 heavy (non-hydrogen) atoms. The number of benzene rings is 1. The molecule has 1 aliphatic rings. The minimum Gasteiger partial charge on any atom is -0.419 e. The van der Waals surface area contributed by atoms with Crippen molar-refractivity contribution >= 4 is 17.5 Å². The molecule has 1 fully saturated rings. The Hall–Kier alpha value is -1.92. The van der Waals surface area contributed by atoms with Crippen molar-refractivity contribution < 1.29 is 9.21 Å². The number of hydrogen-bond donors (Lipinski definition) is 1. The number of rotatable bonds is 6. The second kappa shape index (κ2) is 8.64. The molecule has 140 valence electrons. The lowest BCUT2D eigenvalue weighted by molar-refractivity contribution is -0.124. The van der Waals surface area contributed by atoms with Gasteiger partial charge in [0.05, 0.1) is 6.54 Å². The Labute approximate surface area is 158 Å². The van der Waals surface area contributed by atoms with Crippen molar-refractivity contribution in [3.05, 3.63) is 35.2 Å². The number of hydrogen-bond acceptors (Lipinski definition) is 5. The van der Waals surface area contributed by atoms with Crippen molar-refractivity contribution in [2.24, 2.45) is 11.8 Å². The van der Waals surface area contributed by atoms with E-state index in [1.807, 2.05) is 26.0 Å². The van der Waals surface area contributed by atoms with Crippen LogP contribution >= 0.6 is 11.6 Å². The summed E-state index contributed by atoms with van der Waals surface area (Å²) in [6, 6.07) is 7.35. The van der Waals surface area contributed by atoms with Crippen molar-refractivity contribution in [1.29, 1.82) is 0 Å². The summed E-state index contributed by atoms with van der Waals surface area (Å²) in [6.07, 6.45) is 2.25. The minimum atomic E-state index is 0.0272. The van der Waals surface area contributed by atoms with Crippen LogP contribution in [0.3, 0.4) is 0 Å². The average molecular weight is 377 g/mol. The maximum atomic E-state index is 11.8. The summed E-state index contributed by atoms with van der Waals surface area (Å²) in [4.78, 5) is 14.1. The second-order valence-electron chi connectivity index (χ2n) is 7.15. The van der Waals surface area contributed by atoms with E-state index < -0.39 is 0 Å². The number of nitrogens with zero attached hydrogens (tertiary/aromatic N) is 3. The van der Waals surface area contributed by atoms with E-state index in [-0.39, 0.29) is 11.8 Å². The highest BCUT2D eigenvalue weighted by Crippen LogP contribution is 2.22. The van der Waals surface area contributed by atoms with E-state index in [4.69, 9.17) is 16.0 Å². The molecule has 0 aliphatic carbocycles. The number of carbonyl (C=O) groups excluding carboxylic acids is 1. The van der Waals surface area contributed by atoms with Gasteiger partial charge in [0.2, 0.25) is 17.7 Å².